The van der Waals surface area contributed by atoms with E-state index in [1.54, 1.807) is 12.3 Å². The molecule has 0 aliphatic rings. The van der Waals surface area contributed by atoms with Gasteiger partial charge in [-0.2, -0.15) is 0 Å². The molecule has 0 N–H and O–H groups in total. The number of Topliss-reactive ketones (excluding diaryl/α,β-unsaturated/α-hetero) is 1. The fourth-order valence-corrected chi connectivity index (χ4v) is 3.14. The number of ketones is 1. The highest BCUT2D eigenvalue weighted by Crippen LogP contribution is 2.19. The molecule has 0 atom stereocenters. The summed E-state index contributed by atoms with van der Waals surface area (Å²) in [4.78, 5) is 24.9. The molecule has 0 fully saturated rings. The molecule has 0 radical (unpaired) electrons. The smallest absolute Gasteiger partial charge is 0.338 e. The number of carbonyl (C=O) groups excluding carboxylic acids is 2. The van der Waals surface area contributed by atoms with Gasteiger partial charge in [0.25, 0.3) is 0 Å². The second-order valence-electron chi connectivity index (χ2n) is 6.70. The first kappa shape index (κ1) is 18.7. The second-order valence-corrected chi connectivity index (χ2v) is 6.70. The standard InChI is InChI=1S/C22H23NO4/c1-14-7-5-9-19(16(14)3)22(25)27-13-21(24)20-11-15(2)23(17(20)4)12-18-8-6-10-26-18/h5-11H,12-13H2,1-4H3. The summed E-state index contributed by atoms with van der Waals surface area (Å²) in [5.74, 6) is 0.124. The van der Waals surface area contributed by atoms with E-state index >= 15 is 0 Å². The summed E-state index contributed by atoms with van der Waals surface area (Å²) in [5, 5.41) is 0. The zero-order chi connectivity index (χ0) is 19.6. The van der Waals surface area contributed by atoms with Gasteiger partial charge in [0.2, 0.25) is 5.78 Å². The fraction of sp³-hybridized carbons (Fsp3) is 0.273. The molecule has 2 heterocycles. The maximum atomic E-state index is 12.6. The number of rotatable bonds is 6. The lowest BCUT2D eigenvalue weighted by molar-refractivity contribution is 0.0473. The number of benzene rings is 1. The number of carbonyl (C=O) groups is 2. The summed E-state index contributed by atoms with van der Waals surface area (Å²) in [6, 6.07) is 11.0. The number of aryl methyl sites for hydroxylation is 2. The van der Waals surface area contributed by atoms with Gasteiger partial charge in [-0.1, -0.05) is 12.1 Å². The molecule has 0 unspecified atom stereocenters. The van der Waals surface area contributed by atoms with Crippen LogP contribution in [-0.4, -0.2) is 22.9 Å². The largest absolute Gasteiger partial charge is 0.467 e. The Morgan fingerprint density at radius 1 is 1.04 bits per heavy atom. The minimum Gasteiger partial charge on any atom is -0.467 e. The highest BCUT2D eigenvalue weighted by molar-refractivity contribution is 6.00. The predicted molar refractivity (Wildman–Crippen MR) is 102 cm³/mol. The van der Waals surface area contributed by atoms with Crippen LogP contribution in [0.1, 0.15) is 49.0 Å². The average Bonchev–Trinajstić information content (AvgIpc) is 3.25. The van der Waals surface area contributed by atoms with E-state index in [1.165, 1.54) is 0 Å². The van der Waals surface area contributed by atoms with Crippen molar-refractivity contribution < 1.29 is 18.7 Å². The molecule has 3 aromatic rings. The summed E-state index contributed by atoms with van der Waals surface area (Å²) in [5.41, 5.74) is 4.72. The Labute approximate surface area is 158 Å². The van der Waals surface area contributed by atoms with Crippen molar-refractivity contribution in [2.24, 2.45) is 0 Å². The van der Waals surface area contributed by atoms with Crippen molar-refractivity contribution in [3.8, 4) is 0 Å². The third kappa shape index (κ3) is 3.87. The molecule has 0 aliphatic heterocycles. The average molecular weight is 365 g/mol. The quantitative estimate of drug-likeness (QED) is 0.480. The molecule has 0 saturated carbocycles. The highest BCUT2D eigenvalue weighted by Gasteiger charge is 2.19. The first-order valence-electron chi connectivity index (χ1n) is 8.84. The Bertz CT molecular complexity index is 980. The number of esters is 1. The van der Waals surface area contributed by atoms with Crippen molar-refractivity contribution in [3.05, 3.63) is 82.1 Å². The van der Waals surface area contributed by atoms with Gasteiger partial charge in [0, 0.05) is 17.0 Å². The van der Waals surface area contributed by atoms with Crippen molar-refractivity contribution in [1.82, 2.24) is 4.57 Å². The Morgan fingerprint density at radius 2 is 1.81 bits per heavy atom. The van der Waals surface area contributed by atoms with Crippen LogP contribution < -0.4 is 0 Å². The third-order valence-corrected chi connectivity index (χ3v) is 4.93. The molecule has 0 aliphatic carbocycles. The predicted octanol–water partition coefficient (Wildman–Crippen LogP) is 4.40. The van der Waals surface area contributed by atoms with Gasteiger partial charge in [0.1, 0.15) is 5.76 Å². The van der Waals surface area contributed by atoms with E-state index in [1.807, 2.05) is 62.6 Å². The topological polar surface area (TPSA) is 61.4 Å². The van der Waals surface area contributed by atoms with Crippen molar-refractivity contribution >= 4 is 11.8 Å². The van der Waals surface area contributed by atoms with E-state index in [9.17, 15) is 9.59 Å². The fourth-order valence-electron chi connectivity index (χ4n) is 3.14. The lowest BCUT2D eigenvalue weighted by Gasteiger charge is -2.09. The molecule has 0 bridgehead atoms. The van der Waals surface area contributed by atoms with E-state index in [0.717, 1.165) is 28.3 Å². The molecule has 5 heteroatoms. The molecule has 2 aromatic heterocycles. The molecule has 5 nitrogen and oxygen atoms in total. The summed E-state index contributed by atoms with van der Waals surface area (Å²) in [7, 11) is 0. The van der Waals surface area contributed by atoms with Gasteiger partial charge in [-0.25, -0.2) is 4.79 Å². The Balaban J connectivity index is 1.71. The van der Waals surface area contributed by atoms with Crippen molar-refractivity contribution in [1.29, 1.82) is 0 Å². The van der Waals surface area contributed by atoms with Crippen LogP contribution in [0.15, 0.2) is 47.1 Å². The number of ether oxygens (including phenoxy) is 1. The summed E-state index contributed by atoms with van der Waals surface area (Å²) in [6.07, 6.45) is 1.63. The number of nitrogens with zero attached hydrogens (tertiary/aromatic N) is 1. The Morgan fingerprint density at radius 3 is 2.52 bits per heavy atom. The SMILES string of the molecule is Cc1cccc(C(=O)OCC(=O)c2cc(C)n(Cc3ccco3)c2C)c1C. The molecule has 0 amide bonds. The van der Waals surface area contributed by atoms with Gasteiger partial charge in [0.05, 0.1) is 18.4 Å². The van der Waals surface area contributed by atoms with Gasteiger partial charge in [-0.05, 0) is 63.1 Å². The van der Waals surface area contributed by atoms with Gasteiger partial charge in [-0.15, -0.1) is 0 Å². The number of furan rings is 1. The van der Waals surface area contributed by atoms with Crippen LogP contribution in [0.4, 0.5) is 0 Å². The van der Waals surface area contributed by atoms with Crippen LogP contribution in [0.25, 0.3) is 0 Å². The Hall–Kier alpha value is -3.08. The van der Waals surface area contributed by atoms with Gasteiger partial charge < -0.3 is 13.7 Å². The van der Waals surface area contributed by atoms with E-state index in [0.29, 0.717) is 17.7 Å². The Kier molecular flexibility index (Phi) is 5.31. The van der Waals surface area contributed by atoms with Crippen LogP contribution in [0, 0.1) is 27.7 Å². The lowest BCUT2D eigenvalue weighted by atomic mass is 10.0. The highest BCUT2D eigenvalue weighted by atomic mass is 16.5. The third-order valence-electron chi connectivity index (χ3n) is 4.93. The number of hydrogen-bond acceptors (Lipinski definition) is 4. The summed E-state index contributed by atoms with van der Waals surface area (Å²) < 4.78 is 12.7. The second kappa shape index (κ2) is 7.66. The van der Waals surface area contributed by atoms with Gasteiger partial charge >= 0.3 is 5.97 Å². The molecule has 140 valence electrons. The van der Waals surface area contributed by atoms with E-state index in [4.69, 9.17) is 9.15 Å². The summed E-state index contributed by atoms with van der Waals surface area (Å²) >= 11 is 0. The van der Waals surface area contributed by atoms with E-state index in [-0.39, 0.29) is 12.4 Å². The summed E-state index contributed by atoms with van der Waals surface area (Å²) in [6.45, 7) is 7.91. The molecule has 1 aromatic carbocycles. The van der Waals surface area contributed by atoms with Crippen molar-refractivity contribution in [2.75, 3.05) is 6.61 Å². The van der Waals surface area contributed by atoms with Crippen LogP contribution in [0.2, 0.25) is 0 Å². The van der Waals surface area contributed by atoms with E-state index in [2.05, 4.69) is 0 Å². The van der Waals surface area contributed by atoms with Gasteiger partial charge in [-0.3, -0.25) is 4.79 Å². The maximum Gasteiger partial charge on any atom is 0.338 e. The molecule has 0 spiro atoms. The molecule has 3 rings (SSSR count). The zero-order valence-electron chi connectivity index (χ0n) is 16.0. The first-order valence-corrected chi connectivity index (χ1v) is 8.84. The molecular weight excluding hydrogens is 342 g/mol. The molecule has 27 heavy (non-hydrogen) atoms. The monoisotopic (exact) mass is 365 g/mol. The number of hydrogen-bond donors (Lipinski definition) is 0. The van der Waals surface area contributed by atoms with Crippen molar-refractivity contribution in [3.63, 3.8) is 0 Å². The number of aromatic nitrogens is 1. The van der Waals surface area contributed by atoms with Crippen LogP contribution in [-0.2, 0) is 11.3 Å². The molecule has 0 saturated heterocycles. The normalized spacial score (nSPS) is 10.8. The minimum atomic E-state index is -0.478. The van der Waals surface area contributed by atoms with Crippen molar-refractivity contribution in [2.45, 2.75) is 34.2 Å². The van der Waals surface area contributed by atoms with E-state index < -0.39 is 5.97 Å². The van der Waals surface area contributed by atoms with Gasteiger partial charge in [0.15, 0.2) is 6.61 Å². The minimum absolute atomic E-state index is 0.215. The maximum absolute atomic E-state index is 12.6. The lowest BCUT2D eigenvalue weighted by Crippen LogP contribution is -2.16. The van der Waals surface area contributed by atoms with Crippen LogP contribution in [0.5, 0.6) is 0 Å². The first-order chi connectivity index (χ1) is 12.9. The molecular formula is C22H23NO4. The van der Waals surface area contributed by atoms with Crippen LogP contribution in [0.3, 0.4) is 0 Å². The van der Waals surface area contributed by atoms with Crippen LogP contribution >= 0.6 is 0 Å². The zero-order valence-corrected chi connectivity index (χ0v) is 16.0.